The molecule has 1 aromatic carbocycles. The Hall–Kier alpha value is -1.82. The van der Waals surface area contributed by atoms with Crippen molar-refractivity contribution < 1.29 is 9.47 Å². The second-order valence-electron chi connectivity index (χ2n) is 3.00. The zero-order valence-electron chi connectivity index (χ0n) is 8.93. The van der Waals surface area contributed by atoms with E-state index in [9.17, 15) is 0 Å². The number of anilines is 1. The van der Waals surface area contributed by atoms with Crippen LogP contribution in [0.25, 0.3) is 10.6 Å². The average Bonchev–Trinajstić information content (AvgIpc) is 2.74. The van der Waals surface area contributed by atoms with E-state index in [1.54, 1.807) is 14.2 Å². The average molecular weight is 237 g/mol. The lowest BCUT2D eigenvalue weighted by molar-refractivity contribution is 0.356. The topological polar surface area (TPSA) is 70.3 Å². The summed E-state index contributed by atoms with van der Waals surface area (Å²) in [4.78, 5) is 4.11. The monoisotopic (exact) mass is 237 g/mol. The number of aromatic nitrogens is 2. The van der Waals surface area contributed by atoms with Crippen molar-refractivity contribution in [2.45, 2.75) is 0 Å². The van der Waals surface area contributed by atoms with Gasteiger partial charge in [0, 0.05) is 0 Å². The minimum atomic E-state index is 0.268. The summed E-state index contributed by atoms with van der Waals surface area (Å²) in [6, 6.07) is 5.59. The van der Waals surface area contributed by atoms with Crippen molar-refractivity contribution in [1.82, 2.24) is 9.36 Å². The van der Waals surface area contributed by atoms with Crippen molar-refractivity contribution in [3.8, 4) is 22.1 Å². The molecular formula is C10H11N3O2S. The van der Waals surface area contributed by atoms with Gasteiger partial charge >= 0.3 is 0 Å². The first-order valence-corrected chi connectivity index (χ1v) is 5.34. The molecule has 1 heterocycles. The van der Waals surface area contributed by atoms with Crippen LogP contribution in [0.4, 0.5) is 5.95 Å². The molecule has 0 saturated heterocycles. The van der Waals surface area contributed by atoms with Gasteiger partial charge < -0.3 is 15.2 Å². The second kappa shape index (κ2) is 4.36. The molecule has 0 aliphatic rings. The largest absolute Gasteiger partial charge is 0.493 e. The maximum Gasteiger partial charge on any atom is 0.232 e. The van der Waals surface area contributed by atoms with E-state index in [0.29, 0.717) is 16.5 Å². The summed E-state index contributed by atoms with van der Waals surface area (Å²) < 4.78 is 14.4. The fourth-order valence-corrected chi connectivity index (χ4v) is 2.01. The van der Waals surface area contributed by atoms with Crippen molar-refractivity contribution in [1.29, 1.82) is 0 Å². The van der Waals surface area contributed by atoms with Gasteiger partial charge in [-0.05, 0) is 23.7 Å². The number of benzene rings is 1. The van der Waals surface area contributed by atoms with E-state index in [1.807, 2.05) is 18.2 Å². The summed E-state index contributed by atoms with van der Waals surface area (Å²) in [5, 5.41) is 0.716. The van der Waals surface area contributed by atoms with E-state index in [2.05, 4.69) is 9.36 Å². The molecule has 0 unspecified atom stereocenters. The second-order valence-corrected chi connectivity index (χ2v) is 3.75. The van der Waals surface area contributed by atoms with Gasteiger partial charge in [-0.25, -0.2) is 0 Å². The van der Waals surface area contributed by atoms with E-state index in [0.717, 1.165) is 5.56 Å². The van der Waals surface area contributed by atoms with Crippen LogP contribution in [0.3, 0.4) is 0 Å². The minimum absolute atomic E-state index is 0.268. The highest BCUT2D eigenvalue weighted by molar-refractivity contribution is 7.09. The van der Waals surface area contributed by atoms with E-state index in [1.165, 1.54) is 11.5 Å². The first kappa shape index (κ1) is 10.7. The molecule has 0 saturated carbocycles. The van der Waals surface area contributed by atoms with Gasteiger partial charge in [0.05, 0.1) is 19.8 Å². The number of nitrogen functional groups attached to an aromatic ring is 1. The molecule has 2 aromatic rings. The Morgan fingerprint density at radius 3 is 2.62 bits per heavy atom. The first-order valence-electron chi connectivity index (χ1n) is 4.56. The van der Waals surface area contributed by atoms with Crippen LogP contribution in [0.1, 0.15) is 0 Å². The number of hydrogen-bond donors (Lipinski definition) is 1. The number of rotatable bonds is 3. The van der Waals surface area contributed by atoms with Gasteiger partial charge in [-0.2, -0.15) is 9.36 Å². The summed E-state index contributed by atoms with van der Waals surface area (Å²) in [7, 11) is 3.18. The van der Waals surface area contributed by atoms with Crippen LogP contribution in [0.15, 0.2) is 18.2 Å². The summed E-state index contributed by atoms with van der Waals surface area (Å²) in [6.07, 6.45) is 0. The molecule has 0 spiro atoms. The molecule has 0 aliphatic carbocycles. The van der Waals surface area contributed by atoms with Crippen LogP contribution in [0.2, 0.25) is 0 Å². The van der Waals surface area contributed by atoms with Crippen molar-refractivity contribution in [3.63, 3.8) is 0 Å². The van der Waals surface area contributed by atoms with E-state index in [-0.39, 0.29) is 5.95 Å². The third kappa shape index (κ3) is 1.79. The highest BCUT2D eigenvalue weighted by Gasteiger charge is 2.14. The number of para-hydroxylation sites is 1. The summed E-state index contributed by atoms with van der Waals surface area (Å²) in [5.74, 6) is 1.57. The predicted octanol–water partition coefficient (Wildman–Crippen LogP) is 1.80. The van der Waals surface area contributed by atoms with E-state index < -0.39 is 0 Å². The molecule has 84 valence electrons. The lowest BCUT2D eigenvalue weighted by Crippen LogP contribution is -1.93. The van der Waals surface area contributed by atoms with Crippen LogP contribution in [-0.2, 0) is 0 Å². The smallest absolute Gasteiger partial charge is 0.232 e. The molecule has 16 heavy (non-hydrogen) atoms. The predicted molar refractivity (Wildman–Crippen MR) is 62.9 cm³/mol. The highest BCUT2D eigenvalue weighted by Crippen LogP contribution is 2.38. The Kier molecular flexibility index (Phi) is 2.91. The van der Waals surface area contributed by atoms with Gasteiger partial charge in [-0.15, -0.1) is 0 Å². The standard InChI is InChI=1S/C10H11N3O2S/c1-14-7-5-3-4-6(8(7)15-2)9-12-10(11)13-16-9/h3-5H,1-2H3,(H2,11,13). The lowest BCUT2D eigenvalue weighted by atomic mass is 10.2. The van der Waals surface area contributed by atoms with Crippen molar-refractivity contribution >= 4 is 17.5 Å². The van der Waals surface area contributed by atoms with Crippen LogP contribution >= 0.6 is 11.5 Å². The lowest BCUT2D eigenvalue weighted by Gasteiger charge is -2.10. The van der Waals surface area contributed by atoms with Gasteiger partial charge in [0.25, 0.3) is 0 Å². The molecular weight excluding hydrogens is 226 g/mol. The number of nitrogens with zero attached hydrogens (tertiary/aromatic N) is 2. The summed E-state index contributed by atoms with van der Waals surface area (Å²) in [6.45, 7) is 0. The number of nitrogens with two attached hydrogens (primary N) is 1. The summed E-state index contributed by atoms with van der Waals surface area (Å²) >= 11 is 1.23. The highest BCUT2D eigenvalue weighted by atomic mass is 32.1. The maximum absolute atomic E-state index is 5.49. The van der Waals surface area contributed by atoms with Gasteiger partial charge in [0.2, 0.25) is 5.95 Å². The van der Waals surface area contributed by atoms with Gasteiger partial charge in [0.1, 0.15) is 5.01 Å². The fourth-order valence-electron chi connectivity index (χ4n) is 1.40. The third-order valence-corrected chi connectivity index (χ3v) is 2.84. The Balaban J connectivity index is 2.56. The molecule has 6 heteroatoms. The molecule has 5 nitrogen and oxygen atoms in total. The third-order valence-electron chi connectivity index (χ3n) is 2.08. The number of ether oxygens (including phenoxy) is 2. The molecule has 0 atom stereocenters. The molecule has 0 radical (unpaired) electrons. The van der Waals surface area contributed by atoms with E-state index in [4.69, 9.17) is 15.2 Å². The first-order chi connectivity index (χ1) is 7.76. The normalized spacial score (nSPS) is 10.1. The number of hydrogen-bond acceptors (Lipinski definition) is 6. The van der Waals surface area contributed by atoms with Gasteiger partial charge in [0.15, 0.2) is 11.5 Å². The Morgan fingerprint density at radius 2 is 2.06 bits per heavy atom. The Labute approximate surface area is 97.0 Å². The van der Waals surface area contributed by atoms with Crippen molar-refractivity contribution in [2.24, 2.45) is 0 Å². The van der Waals surface area contributed by atoms with Crippen LogP contribution in [-0.4, -0.2) is 23.6 Å². The zero-order valence-corrected chi connectivity index (χ0v) is 9.75. The Bertz CT molecular complexity index is 499. The summed E-state index contributed by atoms with van der Waals surface area (Å²) in [5.41, 5.74) is 6.32. The Morgan fingerprint density at radius 1 is 1.25 bits per heavy atom. The molecule has 2 rings (SSSR count). The van der Waals surface area contributed by atoms with Crippen LogP contribution < -0.4 is 15.2 Å². The van der Waals surface area contributed by atoms with Gasteiger partial charge in [-0.3, -0.25) is 0 Å². The quantitative estimate of drug-likeness (QED) is 0.881. The SMILES string of the molecule is COc1cccc(-c2nc(N)ns2)c1OC. The number of methoxy groups -OCH3 is 2. The van der Waals surface area contributed by atoms with Crippen molar-refractivity contribution in [2.75, 3.05) is 20.0 Å². The molecule has 2 N–H and O–H groups in total. The maximum atomic E-state index is 5.49. The van der Waals surface area contributed by atoms with E-state index >= 15 is 0 Å². The minimum Gasteiger partial charge on any atom is -0.493 e. The molecule has 0 bridgehead atoms. The van der Waals surface area contributed by atoms with Crippen LogP contribution in [0, 0.1) is 0 Å². The molecule has 0 amide bonds. The van der Waals surface area contributed by atoms with Crippen LogP contribution in [0.5, 0.6) is 11.5 Å². The fraction of sp³-hybridized carbons (Fsp3) is 0.200. The van der Waals surface area contributed by atoms with Crippen molar-refractivity contribution in [3.05, 3.63) is 18.2 Å². The molecule has 1 aromatic heterocycles. The zero-order chi connectivity index (χ0) is 11.5. The molecule has 0 fully saturated rings. The molecule has 0 aliphatic heterocycles. The van der Waals surface area contributed by atoms with Gasteiger partial charge in [-0.1, -0.05) is 6.07 Å².